The Morgan fingerprint density at radius 1 is 1.20 bits per heavy atom. The van der Waals surface area contributed by atoms with E-state index in [0.717, 1.165) is 30.5 Å². The van der Waals surface area contributed by atoms with E-state index >= 15 is 0 Å². The highest BCUT2D eigenvalue weighted by Gasteiger charge is 2.61. The summed E-state index contributed by atoms with van der Waals surface area (Å²) in [5.74, 6) is -0.239. The third-order valence-electron chi connectivity index (χ3n) is 7.20. The van der Waals surface area contributed by atoms with Gasteiger partial charge < -0.3 is 4.98 Å². The van der Waals surface area contributed by atoms with Crippen LogP contribution in [0.4, 0.5) is 0 Å². The largest absolute Gasteiger partial charge is 0.357 e. The second kappa shape index (κ2) is 7.20. The molecule has 6 heteroatoms. The third kappa shape index (κ3) is 2.77. The number of alkyl halides is 1. The second-order valence-electron chi connectivity index (χ2n) is 8.74. The molecule has 156 valence electrons. The summed E-state index contributed by atoms with van der Waals surface area (Å²) < 4.78 is -0.492. The molecule has 3 aromatic rings. The van der Waals surface area contributed by atoms with Gasteiger partial charge in [0.25, 0.3) is 0 Å². The summed E-state index contributed by atoms with van der Waals surface area (Å²) in [4.78, 5) is 18.4. The van der Waals surface area contributed by atoms with Crippen LogP contribution in [0.2, 0.25) is 0 Å². The van der Waals surface area contributed by atoms with Gasteiger partial charge in [-0.15, -0.1) is 0 Å². The molecule has 1 saturated heterocycles. The average molecular weight is 468 g/mol. The number of benzene rings is 2. The standard InChI is InChI=1S/C24H26BrN3O2/c1-3-19-22(28(29)30)20(15-9-5-4-6-10-15)24(2,25)23-21-17(13-14-27(19)23)16-11-7-8-12-18(16)26-21/h4-12,19-20,22-23,26H,3,13-14H2,1-2H3/t19-,20-,22+,23-,24-/m0/s1. The summed E-state index contributed by atoms with van der Waals surface area (Å²) >= 11 is 4.06. The average Bonchev–Trinajstić information content (AvgIpc) is 3.12. The zero-order valence-electron chi connectivity index (χ0n) is 17.2. The Balaban J connectivity index is 1.73. The summed E-state index contributed by atoms with van der Waals surface area (Å²) in [6, 6.07) is 17.7. The van der Waals surface area contributed by atoms with Crippen molar-refractivity contribution in [2.75, 3.05) is 6.54 Å². The first-order valence-electron chi connectivity index (χ1n) is 10.7. The Kier molecular flexibility index (Phi) is 4.75. The van der Waals surface area contributed by atoms with Gasteiger partial charge >= 0.3 is 0 Å². The van der Waals surface area contributed by atoms with Crippen LogP contribution in [0.5, 0.6) is 0 Å². The highest BCUT2D eigenvalue weighted by molar-refractivity contribution is 9.10. The van der Waals surface area contributed by atoms with Crippen LogP contribution in [0.15, 0.2) is 54.6 Å². The zero-order chi connectivity index (χ0) is 21.0. The van der Waals surface area contributed by atoms with Gasteiger partial charge in [0.15, 0.2) is 0 Å². The van der Waals surface area contributed by atoms with Crippen molar-refractivity contribution in [3.63, 3.8) is 0 Å². The molecule has 3 heterocycles. The Morgan fingerprint density at radius 2 is 1.90 bits per heavy atom. The maximum atomic E-state index is 12.4. The van der Waals surface area contributed by atoms with Crippen molar-refractivity contribution in [3.05, 3.63) is 81.5 Å². The van der Waals surface area contributed by atoms with Gasteiger partial charge in [-0.25, -0.2) is 0 Å². The normalized spacial score (nSPS) is 31.3. The van der Waals surface area contributed by atoms with Crippen molar-refractivity contribution < 1.29 is 4.92 Å². The number of H-pyrrole nitrogens is 1. The SMILES string of the molecule is CC[C@H]1[C@@H]([N+](=O)[O-])[C@H](c2ccccc2)[C@](C)(Br)[C@@H]2c3[nH]c4ccccc4c3CCN21. The van der Waals surface area contributed by atoms with E-state index in [-0.39, 0.29) is 22.9 Å². The van der Waals surface area contributed by atoms with Crippen LogP contribution in [-0.4, -0.2) is 37.8 Å². The smallest absolute Gasteiger partial charge is 0.236 e. The van der Waals surface area contributed by atoms with Gasteiger partial charge in [-0.3, -0.25) is 15.0 Å². The highest BCUT2D eigenvalue weighted by atomic mass is 79.9. The van der Waals surface area contributed by atoms with Crippen molar-refractivity contribution in [1.29, 1.82) is 0 Å². The number of aromatic nitrogens is 1. The minimum atomic E-state index is -0.663. The number of aromatic amines is 1. The van der Waals surface area contributed by atoms with Crippen LogP contribution >= 0.6 is 15.9 Å². The number of nitro groups is 1. The van der Waals surface area contributed by atoms with Crippen LogP contribution in [0.3, 0.4) is 0 Å². The number of halogens is 1. The van der Waals surface area contributed by atoms with E-state index < -0.39 is 10.4 Å². The molecule has 30 heavy (non-hydrogen) atoms. The lowest BCUT2D eigenvalue weighted by Crippen LogP contribution is -2.65. The first kappa shape index (κ1) is 19.8. The van der Waals surface area contributed by atoms with Crippen molar-refractivity contribution in [2.24, 2.45) is 0 Å². The maximum absolute atomic E-state index is 12.4. The fraction of sp³-hybridized carbons (Fsp3) is 0.417. The first-order valence-corrected chi connectivity index (χ1v) is 11.5. The predicted molar refractivity (Wildman–Crippen MR) is 123 cm³/mol. The van der Waals surface area contributed by atoms with Crippen molar-refractivity contribution in [2.45, 2.75) is 55.1 Å². The number of para-hydroxylation sites is 1. The summed E-state index contributed by atoms with van der Waals surface area (Å²) in [7, 11) is 0. The van der Waals surface area contributed by atoms with Crippen molar-refractivity contribution in [3.8, 4) is 0 Å². The summed E-state index contributed by atoms with van der Waals surface area (Å²) in [6.07, 6.45) is 1.67. The molecule has 1 aromatic heterocycles. The maximum Gasteiger partial charge on any atom is 0.236 e. The molecule has 0 aliphatic carbocycles. The monoisotopic (exact) mass is 467 g/mol. The molecule has 2 aromatic carbocycles. The third-order valence-corrected chi connectivity index (χ3v) is 8.12. The molecular weight excluding hydrogens is 442 g/mol. The fourth-order valence-corrected chi connectivity index (χ4v) is 7.09. The van der Waals surface area contributed by atoms with Gasteiger partial charge in [-0.1, -0.05) is 71.4 Å². The van der Waals surface area contributed by atoms with Crippen LogP contribution < -0.4 is 0 Å². The molecule has 5 atom stereocenters. The molecule has 1 N–H and O–H groups in total. The number of rotatable bonds is 3. The molecular formula is C24H26BrN3O2. The Morgan fingerprint density at radius 3 is 2.60 bits per heavy atom. The van der Waals surface area contributed by atoms with E-state index in [4.69, 9.17) is 0 Å². The van der Waals surface area contributed by atoms with Crippen LogP contribution in [-0.2, 0) is 6.42 Å². The van der Waals surface area contributed by atoms with E-state index in [1.165, 1.54) is 16.6 Å². The fourth-order valence-electron chi connectivity index (χ4n) is 6.07. The quantitative estimate of drug-likeness (QED) is 0.316. The molecule has 0 spiro atoms. The molecule has 1 fully saturated rings. The minimum Gasteiger partial charge on any atom is -0.357 e. The van der Waals surface area contributed by atoms with Crippen molar-refractivity contribution in [1.82, 2.24) is 9.88 Å². The lowest BCUT2D eigenvalue weighted by Gasteiger charge is -2.55. The van der Waals surface area contributed by atoms with Crippen molar-refractivity contribution >= 4 is 26.8 Å². The van der Waals surface area contributed by atoms with Gasteiger partial charge in [0.05, 0.1) is 22.3 Å². The van der Waals surface area contributed by atoms with E-state index in [9.17, 15) is 10.1 Å². The van der Waals surface area contributed by atoms with E-state index in [1.54, 1.807) is 0 Å². The van der Waals surface area contributed by atoms with Crippen LogP contribution in [0.1, 0.15) is 49.0 Å². The topological polar surface area (TPSA) is 62.2 Å². The Hall–Kier alpha value is -2.18. The molecule has 0 saturated carbocycles. The van der Waals surface area contributed by atoms with Gasteiger partial charge in [-0.2, -0.15) is 0 Å². The molecule has 5 nitrogen and oxygen atoms in total. The Bertz CT molecular complexity index is 1090. The summed E-state index contributed by atoms with van der Waals surface area (Å²) in [5, 5.41) is 13.7. The number of piperidine rings is 1. The molecule has 2 aliphatic heterocycles. The highest BCUT2D eigenvalue weighted by Crippen LogP contribution is 2.57. The number of nitrogens with one attached hydrogen (secondary N) is 1. The van der Waals surface area contributed by atoms with Gasteiger partial charge in [0.1, 0.15) is 0 Å². The predicted octanol–water partition coefficient (Wildman–Crippen LogP) is 5.44. The van der Waals surface area contributed by atoms with E-state index in [2.05, 4.69) is 63.9 Å². The molecule has 0 amide bonds. The minimum absolute atomic E-state index is 0.0394. The van der Waals surface area contributed by atoms with E-state index in [0.29, 0.717) is 0 Å². The van der Waals surface area contributed by atoms with Crippen LogP contribution in [0, 0.1) is 10.1 Å². The zero-order valence-corrected chi connectivity index (χ0v) is 18.8. The summed E-state index contributed by atoms with van der Waals surface area (Å²) in [6.45, 7) is 5.06. The molecule has 0 radical (unpaired) electrons. The molecule has 0 bridgehead atoms. The second-order valence-corrected chi connectivity index (χ2v) is 10.5. The first-order chi connectivity index (χ1) is 14.4. The van der Waals surface area contributed by atoms with Crippen LogP contribution in [0.25, 0.3) is 10.9 Å². The van der Waals surface area contributed by atoms with Gasteiger partial charge in [-0.05, 0) is 37.0 Å². The molecule has 0 unspecified atom stereocenters. The number of fused-ring (bicyclic) bond motifs is 5. The lowest BCUT2D eigenvalue weighted by molar-refractivity contribution is -0.541. The summed E-state index contributed by atoms with van der Waals surface area (Å²) in [5.41, 5.74) is 4.75. The molecule has 2 aliphatic rings. The lowest BCUT2D eigenvalue weighted by atomic mass is 9.68. The Labute approximate surface area is 184 Å². The number of hydrogen-bond acceptors (Lipinski definition) is 3. The van der Waals surface area contributed by atoms with E-state index in [1.807, 2.05) is 30.3 Å². The van der Waals surface area contributed by atoms with Gasteiger partial charge in [0, 0.05) is 28.1 Å². The number of hydrogen-bond donors (Lipinski definition) is 1. The molecule has 5 rings (SSSR count). The number of nitrogens with zero attached hydrogens (tertiary/aromatic N) is 2. The van der Waals surface area contributed by atoms with Gasteiger partial charge in [0.2, 0.25) is 6.04 Å².